The number of piperidine rings is 1. The van der Waals surface area contributed by atoms with Crippen molar-refractivity contribution in [2.75, 3.05) is 61.0 Å². The molecule has 9 nitrogen and oxygen atoms in total. The van der Waals surface area contributed by atoms with Crippen LogP contribution in [0.25, 0.3) is 0 Å². The van der Waals surface area contributed by atoms with Gasteiger partial charge in [0.05, 0.1) is 56.8 Å². The monoisotopic (exact) mass is 537 g/mol. The first-order valence-electron chi connectivity index (χ1n) is 15.3. The van der Waals surface area contributed by atoms with E-state index in [2.05, 4.69) is 107 Å². The summed E-state index contributed by atoms with van der Waals surface area (Å²) in [4.78, 5) is 2.86. The normalized spacial score (nSPS) is 39.0. The molecule has 38 heavy (non-hydrogen) atoms. The van der Waals surface area contributed by atoms with Gasteiger partial charge in [0.25, 0.3) is 0 Å². The van der Waals surface area contributed by atoms with Gasteiger partial charge in [0, 0.05) is 43.1 Å². The average Bonchev–Trinajstić information content (AvgIpc) is 3.05. The van der Waals surface area contributed by atoms with Crippen molar-refractivity contribution < 1.29 is 9.22 Å². The summed E-state index contributed by atoms with van der Waals surface area (Å²) in [5, 5.41) is 22.8. The number of likely N-dealkylation sites (tertiary alicyclic amines) is 1. The molecule has 0 aliphatic carbocycles. The fraction of sp³-hybridized carbons (Fsp3) is 1.00. The van der Waals surface area contributed by atoms with Gasteiger partial charge in [-0.1, -0.05) is 6.92 Å². The maximum absolute atomic E-state index is 6.50. The fourth-order valence-corrected chi connectivity index (χ4v) is 7.43. The molecule has 4 rings (SSSR count). The van der Waals surface area contributed by atoms with Gasteiger partial charge < -0.3 is 19.9 Å². The summed E-state index contributed by atoms with van der Waals surface area (Å²) in [6.45, 7) is 18.9. The summed E-state index contributed by atoms with van der Waals surface area (Å²) in [6.07, 6.45) is 5.60. The lowest BCUT2D eigenvalue weighted by Crippen LogP contribution is -2.72. The van der Waals surface area contributed by atoms with Crippen molar-refractivity contribution in [2.24, 2.45) is 11.3 Å². The summed E-state index contributed by atoms with van der Waals surface area (Å²) in [5.74, 6) is 0.498. The highest BCUT2D eigenvalue weighted by Gasteiger charge is 2.62. The predicted molar refractivity (Wildman–Crippen MR) is 157 cm³/mol. The van der Waals surface area contributed by atoms with Gasteiger partial charge in [-0.2, -0.15) is 0 Å². The van der Waals surface area contributed by atoms with Crippen molar-refractivity contribution in [2.45, 2.75) is 115 Å². The van der Waals surface area contributed by atoms with Gasteiger partial charge in [-0.15, -0.1) is 0 Å². The van der Waals surface area contributed by atoms with Crippen molar-refractivity contribution in [1.29, 1.82) is 0 Å². The van der Waals surface area contributed by atoms with E-state index in [0.29, 0.717) is 36.4 Å². The molecule has 4 aliphatic heterocycles. The first-order chi connectivity index (χ1) is 17.7. The minimum absolute atomic E-state index is 0.0754. The second kappa shape index (κ2) is 11.5. The van der Waals surface area contributed by atoms with Crippen LogP contribution in [0.3, 0.4) is 0 Å². The van der Waals surface area contributed by atoms with E-state index >= 15 is 0 Å². The Balaban J connectivity index is 1.55. The Labute approximate surface area is 233 Å². The van der Waals surface area contributed by atoms with Crippen LogP contribution in [0.1, 0.15) is 67.2 Å². The topological polar surface area (TPSA) is 84.7 Å². The molecule has 0 bridgehead atoms. The van der Waals surface area contributed by atoms with Gasteiger partial charge in [-0.3, -0.25) is 26.2 Å². The van der Waals surface area contributed by atoms with E-state index in [1.165, 1.54) is 19.3 Å². The second-order valence-corrected chi connectivity index (χ2v) is 15.1. The quantitative estimate of drug-likeness (QED) is 0.244. The van der Waals surface area contributed by atoms with Crippen LogP contribution in [0.2, 0.25) is 0 Å². The SMILES string of the molecule is CNCC(C[N+](C)(C)C(C)(C)C)NC1NCC2C(N1)N(C1CCCC(CNC)N1)[C@@H]1CC(C)(C)OC[C@]21C. The van der Waals surface area contributed by atoms with Crippen molar-refractivity contribution in [3.05, 3.63) is 0 Å². The van der Waals surface area contributed by atoms with E-state index in [1.54, 1.807) is 0 Å². The molecule has 8 atom stereocenters. The molecular formula is C29H61N8O+. The lowest BCUT2D eigenvalue weighted by Gasteiger charge is -2.49. The Hall–Kier alpha value is -0.360. The third-order valence-corrected chi connectivity index (χ3v) is 10.6. The summed E-state index contributed by atoms with van der Waals surface area (Å²) in [7, 11) is 8.84. The summed E-state index contributed by atoms with van der Waals surface area (Å²) in [6, 6.07) is 1.37. The fourth-order valence-electron chi connectivity index (χ4n) is 7.43. The molecule has 6 N–H and O–H groups in total. The molecule has 4 saturated heterocycles. The Bertz CT molecular complexity index is 783. The first kappa shape index (κ1) is 30.6. The van der Waals surface area contributed by atoms with Crippen LogP contribution in [-0.4, -0.2) is 118 Å². The lowest BCUT2D eigenvalue weighted by atomic mass is 9.69. The molecular weight excluding hydrogens is 476 g/mol. The number of hydrogen-bond donors (Lipinski definition) is 6. The van der Waals surface area contributed by atoms with Crippen LogP contribution in [0, 0.1) is 11.3 Å². The number of ether oxygens (including phenoxy) is 1. The number of nitrogens with zero attached hydrogens (tertiary/aromatic N) is 2. The molecule has 9 heteroatoms. The van der Waals surface area contributed by atoms with Crippen LogP contribution >= 0.6 is 0 Å². The van der Waals surface area contributed by atoms with Crippen molar-refractivity contribution in [3.63, 3.8) is 0 Å². The van der Waals surface area contributed by atoms with E-state index in [-0.39, 0.29) is 22.8 Å². The van der Waals surface area contributed by atoms with Gasteiger partial charge >= 0.3 is 0 Å². The Morgan fingerprint density at radius 1 is 1.08 bits per heavy atom. The molecule has 0 aromatic carbocycles. The first-order valence-corrected chi connectivity index (χ1v) is 15.3. The Kier molecular flexibility index (Phi) is 9.25. The minimum Gasteiger partial charge on any atom is -0.375 e. The average molecular weight is 538 g/mol. The molecule has 0 aromatic heterocycles. The van der Waals surface area contributed by atoms with E-state index < -0.39 is 0 Å². The zero-order chi connectivity index (χ0) is 27.9. The smallest absolute Gasteiger partial charge is 0.113 e. The maximum Gasteiger partial charge on any atom is 0.113 e. The highest BCUT2D eigenvalue weighted by atomic mass is 16.5. The van der Waals surface area contributed by atoms with Crippen LogP contribution in [0.4, 0.5) is 0 Å². The number of quaternary nitrogens is 1. The summed E-state index contributed by atoms with van der Waals surface area (Å²) < 4.78 is 7.46. The van der Waals surface area contributed by atoms with Gasteiger partial charge in [0.1, 0.15) is 6.29 Å². The highest BCUT2D eigenvalue weighted by Crippen LogP contribution is 2.53. The van der Waals surface area contributed by atoms with E-state index in [1.807, 2.05) is 0 Å². The third-order valence-electron chi connectivity index (χ3n) is 10.6. The molecule has 4 aliphatic rings. The van der Waals surface area contributed by atoms with E-state index in [9.17, 15) is 0 Å². The molecule has 6 unspecified atom stereocenters. The summed E-state index contributed by atoms with van der Waals surface area (Å²) in [5.41, 5.74) is 0.217. The Morgan fingerprint density at radius 2 is 1.82 bits per heavy atom. The van der Waals surface area contributed by atoms with Crippen molar-refractivity contribution >= 4 is 0 Å². The van der Waals surface area contributed by atoms with E-state index in [0.717, 1.165) is 43.7 Å². The number of hydrogen-bond acceptors (Lipinski definition) is 8. The molecule has 0 radical (unpaired) electrons. The molecule has 4 fully saturated rings. The zero-order valence-electron chi connectivity index (χ0n) is 26.2. The summed E-state index contributed by atoms with van der Waals surface area (Å²) >= 11 is 0. The van der Waals surface area contributed by atoms with Crippen molar-refractivity contribution in [3.8, 4) is 0 Å². The van der Waals surface area contributed by atoms with Gasteiger partial charge in [0.2, 0.25) is 0 Å². The molecule has 0 saturated carbocycles. The molecule has 222 valence electrons. The van der Waals surface area contributed by atoms with Crippen LogP contribution in [-0.2, 0) is 4.74 Å². The molecule has 0 aromatic rings. The number of nitrogens with one attached hydrogen (secondary N) is 6. The lowest BCUT2D eigenvalue weighted by molar-refractivity contribution is -0.936. The minimum atomic E-state index is -0.0889. The molecule has 0 spiro atoms. The highest BCUT2D eigenvalue weighted by molar-refractivity contribution is 5.13. The molecule has 0 amide bonds. The van der Waals surface area contributed by atoms with Crippen LogP contribution in [0.5, 0.6) is 0 Å². The third kappa shape index (κ3) is 6.26. The Morgan fingerprint density at radius 3 is 2.47 bits per heavy atom. The maximum atomic E-state index is 6.50. The zero-order valence-corrected chi connectivity index (χ0v) is 26.2. The van der Waals surface area contributed by atoms with Gasteiger partial charge in [0.15, 0.2) is 0 Å². The number of fused-ring (bicyclic) bond motifs is 3. The van der Waals surface area contributed by atoms with E-state index in [4.69, 9.17) is 4.74 Å². The largest absolute Gasteiger partial charge is 0.375 e. The second-order valence-electron chi connectivity index (χ2n) is 15.1. The van der Waals surface area contributed by atoms with Crippen LogP contribution < -0.4 is 31.9 Å². The van der Waals surface area contributed by atoms with Crippen molar-refractivity contribution in [1.82, 2.24) is 36.8 Å². The number of likely N-dealkylation sites (N-methyl/N-ethyl adjacent to an activating group) is 3. The predicted octanol–water partition coefficient (Wildman–Crippen LogP) is 1.03. The van der Waals surface area contributed by atoms with Crippen LogP contribution in [0.15, 0.2) is 0 Å². The van der Waals surface area contributed by atoms with Gasteiger partial charge in [-0.25, -0.2) is 0 Å². The number of rotatable bonds is 9. The molecule has 4 heterocycles. The standard InChI is InChI=1S/C29H61N8O/c1-27(2,3)37(9,10)18-21(16-31-8)34-26-32-17-22-25(35-26)36(24-13-11-12-20(33-24)15-30-7)23-14-28(4,5)38-19-29(22,23)6/h20-26,30-35H,11-19H2,1-10H3/q+1/t20?,21?,22?,23-,24?,25?,26?,29-/m1/s1. The van der Waals surface area contributed by atoms with Gasteiger partial charge in [-0.05, 0) is 74.4 Å².